The maximum Gasteiger partial charge on any atom is 0.225 e. The van der Waals surface area contributed by atoms with E-state index in [4.69, 9.17) is 5.73 Å². The molecule has 3 rings (SSSR count). The second kappa shape index (κ2) is 10.8. The summed E-state index contributed by atoms with van der Waals surface area (Å²) < 4.78 is 0. The maximum absolute atomic E-state index is 12.9. The zero-order valence-electron chi connectivity index (χ0n) is 16.9. The van der Waals surface area contributed by atoms with Gasteiger partial charge < -0.3 is 15.5 Å². The molecule has 0 aromatic heterocycles. The lowest BCUT2D eigenvalue weighted by Gasteiger charge is -2.38. The van der Waals surface area contributed by atoms with Crippen LogP contribution in [0.3, 0.4) is 0 Å². The summed E-state index contributed by atoms with van der Waals surface area (Å²) >= 11 is 0. The Hall–Kier alpha value is -1.59. The summed E-state index contributed by atoms with van der Waals surface area (Å²) in [5.74, 6) is 0.967. The fourth-order valence-corrected chi connectivity index (χ4v) is 4.33. The Kier molecular flexibility index (Phi) is 8.77. The average Bonchev–Trinajstić information content (AvgIpc) is 2.72. The molecular weight excluding hydrogens is 374 g/mol. The molecule has 2 amide bonds. The number of aryl methyl sites for hydroxylation is 1. The van der Waals surface area contributed by atoms with Gasteiger partial charge in [0.2, 0.25) is 11.8 Å². The van der Waals surface area contributed by atoms with E-state index in [0.717, 1.165) is 45.2 Å². The molecule has 2 aliphatic heterocycles. The third-order valence-corrected chi connectivity index (χ3v) is 6.18. The van der Waals surface area contributed by atoms with Gasteiger partial charge in [-0.2, -0.15) is 0 Å². The van der Waals surface area contributed by atoms with Crippen molar-refractivity contribution in [2.45, 2.75) is 51.5 Å². The van der Waals surface area contributed by atoms with E-state index in [1.165, 1.54) is 5.56 Å². The van der Waals surface area contributed by atoms with Crippen molar-refractivity contribution < 1.29 is 9.59 Å². The molecule has 2 N–H and O–H groups in total. The number of halogens is 1. The lowest BCUT2D eigenvalue weighted by atomic mass is 9.89. The molecule has 2 saturated heterocycles. The van der Waals surface area contributed by atoms with Gasteiger partial charge in [-0.05, 0) is 50.5 Å². The van der Waals surface area contributed by atoms with Crippen LogP contribution in [0.5, 0.6) is 0 Å². The molecule has 0 bridgehead atoms. The highest BCUT2D eigenvalue weighted by Gasteiger charge is 2.33. The van der Waals surface area contributed by atoms with E-state index in [1.807, 2.05) is 34.9 Å². The number of piperidine rings is 2. The van der Waals surface area contributed by atoms with Crippen LogP contribution < -0.4 is 5.73 Å². The minimum Gasteiger partial charge on any atom is -0.343 e. The number of hydrogen-bond acceptors (Lipinski definition) is 3. The Morgan fingerprint density at radius 1 is 1.07 bits per heavy atom. The molecule has 5 nitrogen and oxygen atoms in total. The number of rotatable bonds is 5. The third kappa shape index (κ3) is 5.95. The molecule has 2 fully saturated rings. The number of likely N-dealkylation sites (tertiary alicyclic amines) is 2. The topological polar surface area (TPSA) is 66.6 Å². The van der Waals surface area contributed by atoms with E-state index in [1.54, 1.807) is 0 Å². The third-order valence-electron chi connectivity index (χ3n) is 6.18. The minimum absolute atomic E-state index is 0. The van der Waals surface area contributed by atoms with Crippen LogP contribution in [0.1, 0.15) is 44.6 Å². The first-order valence-corrected chi connectivity index (χ1v) is 10.4. The number of carbonyl (C=O) groups excluding carboxylic acids is 2. The van der Waals surface area contributed by atoms with E-state index in [9.17, 15) is 9.59 Å². The zero-order valence-corrected chi connectivity index (χ0v) is 17.7. The first-order valence-electron chi connectivity index (χ1n) is 10.4. The predicted molar refractivity (Wildman–Crippen MR) is 114 cm³/mol. The SMILES string of the molecule is CC(N)C1CCCN(C(=O)C2CCN(C(=O)CCc3ccccc3)CC2)C1.Cl. The lowest BCUT2D eigenvalue weighted by Crippen LogP contribution is -2.49. The number of hydrogen-bond donors (Lipinski definition) is 1. The van der Waals surface area contributed by atoms with Crippen LogP contribution in [0.15, 0.2) is 30.3 Å². The Morgan fingerprint density at radius 3 is 2.39 bits per heavy atom. The molecular formula is C22H34ClN3O2. The van der Waals surface area contributed by atoms with E-state index in [0.29, 0.717) is 25.4 Å². The predicted octanol–water partition coefficient (Wildman–Crippen LogP) is 2.87. The first-order chi connectivity index (χ1) is 13.0. The lowest BCUT2D eigenvalue weighted by molar-refractivity contribution is -0.142. The number of nitrogens with zero attached hydrogens (tertiary/aromatic N) is 2. The molecule has 1 aromatic rings. The van der Waals surface area contributed by atoms with Crippen LogP contribution in [-0.4, -0.2) is 53.8 Å². The Bertz CT molecular complexity index is 630. The van der Waals surface area contributed by atoms with Crippen LogP contribution in [0, 0.1) is 11.8 Å². The highest BCUT2D eigenvalue weighted by molar-refractivity contribution is 5.85. The summed E-state index contributed by atoms with van der Waals surface area (Å²) in [6, 6.07) is 10.3. The average molecular weight is 408 g/mol. The Labute approximate surface area is 175 Å². The second-order valence-electron chi connectivity index (χ2n) is 8.19. The fraction of sp³-hybridized carbons (Fsp3) is 0.636. The normalized spacial score (nSPS) is 21.7. The van der Waals surface area contributed by atoms with Crippen molar-refractivity contribution in [2.75, 3.05) is 26.2 Å². The molecule has 2 atom stereocenters. The second-order valence-corrected chi connectivity index (χ2v) is 8.19. The summed E-state index contributed by atoms with van der Waals surface area (Å²) in [6.07, 6.45) is 5.07. The van der Waals surface area contributed by atoms with Gasteiger partial charge >= 0.3 is 0 Å². The summed E-state index contributed by atoms with van der Waals surface area (Å²) in [6.45, 7) is 5.10. The van der Waals surface area contributed by atoms with Crippen LogP contribution in [0.25, 0.3) is 0 Å². The molecule has 0 aliphatic carbocycles. The fourth-order valence-electron chi connectivity index (χ4n) is 4.33. The number of benzene rings is 1. The summed E-state index contributed by atoms with van der Waals surface area (Å²) in [7, 11) is 0. The van der Waals surface area contributed by atoms with Gasteiger partial charge in [-0.25, -0.2) is 0 Å². The van der Waals surface area contributed by atoms with Gasteiger partial charge in [-0.1, -0.05) is 30.3 Å². The van der Waals surface area contributed by atoms with Crippen molar-refractivity contribution in [1.82, 2.24) is 9.80 Å². The monoisotopic (exact) mass is 407 g/mol. The Morgan fingerprint density at radius 2 is 1.75 bits per heavy atom. The summed E-state index contributed by atoms with van der Waals surface area (Å²) in [5, 5.41) is 0. The molecule has 0 radical (unpaired) electrons. The van der Waals surface area contributed by atoms with E-state index in [-0.39, 0.29) is 36.2 Å². The molecule has 2 heterocycles. The van der Waals surface area contributed by atoms with Crippen molar-refractivity contribution in [3.63, 3.8) is 0 Å². The van der Waals surface area contributed by atoms with E-state index >= 15 is 0 Å². The van der Waals surface area contributed by atoms with Gasteiger partial charge in [0.1, 0.15) is 0 Å². The van der Waals surface area contributed by atoms with Gasteiger partial charge in [0.25, 0.3) is 0 Å². The molecule has 2 unspecified atom stereocenters. The maximum atomic E-state index is 12.9. The van der Waals surface area contributed by atoms with Crippen molar-refractivity contribution in [3.05, 3.63) is 35.9 Å². The quantitative estimate of drug-likeness (QED) is 0.816. The Balaban J connectivity index is 0.00000280. The van der Waals surface area contributed by atoms with Crippen molar-refractivity contribution in [3.8, 4) is 0 Å². The molecule has 0 saturated carbocycles. The summed E-state index contributed by atoms with van der Waals surface area (Å²) in [4.78, 5) is 29.3. The number of carbonyl (C=O) groups is 2. The zero-order chi connectivity index (χ0) is 19.2. The highest BCUT2D eigenvalue weighted by atomic mass is 35.5. The smallest absolute Gasteiger partial charge is 0.225 e. The van der Waals surface area contributed by atoms with Crippen molar-refractivity contribution >= 4 is 24.2 Å². The van der Waals surface area contributed by atoms with Gasteiger partial charge in [-0.15, -0.1) is 12.4 Å². The summed E-state index contributed by atoms with van der Waals surface area (Å²) in [5.41, 5.74) is 7.25. The molecule has 1 aromatic carbocycles. The van der Waals surface area contributed by atoms with Crippen LogP contribution in [0.4, 0.5) is 0 Å². The van der Waals surface area contributed by atoms with E-state index in [2.05, 4.69) is 12.1 Å². The van der Waals surface area contributed by atoms with Crippen LogP contribution in [0.2, 0.25) is 0 Å². The van der Waals surface area contributed by atoms with Gasteiger partial charge in [0, 0.05) is 44.6 Å². The van der Waals surface area contributed by atoms with Crippen LogP contribution in [-0.2, 0) is 16.0 Å². The van der Waals surface area contributed by atoms with Gasteiger partial charge in [0.05, 0.1) is 0 Å². The molecule has 156 valence electrons. The minimum atomic E-state index is 0. The standard InChI is InChI=1S/C22H33N3O2.ClH/c1-17(23)20-8-5-13-25(16-20)22(27)19-11-14-24(15-12-19)21(26)10-9-18-6-3-2-4-7-18;/h2-4,6-7,17,19-20H,5,8-16,23H2,1H3;1H. The van der Waals surface area contributed by atoms with Gasteiger partial charge in [0.15, 0.2) is 0 Å². The number of nitrogens with two attached hydrogens (primary N) is 1. The molecule has 28 heavy (non-hydrogen) atoms. The molecule has 6 heteroatoms. The van der Waals surface area contributed by atoms with Gasteiger partial charge in [-0.3, -0.25) is 9.59 Å². The molecule has 2 aliphatic rings. The van der Waals surface area contributed by atoms with Crippen LogP contribution >= 0.6 is 12.4 Å². The highest BCUT2D eigenvalue weighted by Crippen LogP contribution is 2.25. The van der Waals surface area contributed by atoms with Crippen molar-refractivity contribution in [1.29, 1.82) is 0 Å². The van der Waals surface area contributed by atoms with E-state index < -0.39 is 0 Å². The molecule has 0 spiro atoms. The first kappa shape index (κ1) is 22.7. The number of amides is 2. The largest absolute Gasteiger partial charge is 0.343 e. The van der Waals surface area contributed by atoms with Crippen molar-refractivity contribution in [2.24, 2.45) is 17.6 Å².